The molecular formula is C11H12BrF2NO2. The molecule has 17 heavy (non-hydrogen) atoms. The summed E-state index contributed by atoms with van der Waals surface area (Å²) in [6.45, 7) is 2.26. The van der Waals surface area contributed by atoms with Gasteiger partial charge < -0.3 is 10.1 Å². The number of carbonyl (C=O) groups is 1. The van der Waals surface area contributed by atoms with Crippen LogP contribution in [0.3, 0.4) is 0 Å². The summed E-state index contributed by atoms with van der Waals surface area (Å²) < 4.78 is 31.1. The summed E-state index contributed by atoms with van der Waals surface area (Å²) in [5.41, 5.74) is 0.141. The first-order chi connectivity index (χ1) is 8.04. The molecule has 94 valence electrons. The van der Waals surface area contributed by atoms with Crippen LogP contribution in [0.25, 0.3) is 0 Å². The summed E-state index contributed by atoms with van der Waals surface area (Å²) in [6, 6.07) is 2.06. The van der Waals surface area contributed by atoms with Gasteiger partial charge in [0.1, 0.15) is 11.6 Å². The number of anilines is 1. The lowest BCUT2D eigenvalue weighted by Crippen LogP contribution is -2.12. The molecule has 0 aliphatic carbocycles. The first kappa shape index (κ1) is 13.9. The molecule has 6 heteroatoms. The minimum atomic E-state index is -0.699. The monoisotopic (exact) mass is 307 g/mol. The fourth-order valence-corrected chi connectivity index (χ4v) is 1.53. The van der Waals surface area contributed by atoms with Crippen molar-refractivity contribution in [2.45, 2.75) is 13.3 Å². The van der Waals surface area contributed by atoms with E-state index in [1.54, 1.807) is 6.92 Å². The molecular weight excluding hydrogens is 296 g/mol. The number of ether oxygens (including phenoxy) is 1. The minimum absolute atomic E-state index is 0.127. The highest BCUT2D eigenvalue weighted by Crippen LogP contribution is 2.23. The number of carbonyl (C=O) groups excluding carboxylic acids is 1. The maximum absolute atomic E-state index is 13.3. The largest absolute Gasteiger partial charge is 0.466 e. The highest BCUT2D eigenvalue weighted by atomic mass is 79.9. The van der Waals surface area contributed by atoms with E-state index in [-0.39, 0.29) is 29.1 Å². The van der Waals surface area contributed by atoms with Gasteiger partial charge in [-0.2, -0.15) is 0 Å². The number of nitrogens with one attached hydrogen (secondary N) is 1. The Morgan fingerprint density at radius 2 is 2.12 bits per heavy atom. The normalized spacial score (nSPS) is 10.1. The molecule has 1 aromatic rings. The lowest BCUT2D eigenvalue weighted by molar-refractivity contribution is -0.142. The molecule has 0 heterocycles. The molecule has 0 aromatic heterocycles. The van der Waals surface area contributed by atoms with Crippen LogP contribution >= 0.6 is 15.9 Å². The Bertz CT molecular complexity index is 413. The van der Waals surface area contributed by atoms with Gasteiger partial charge in [-0.05, 0) is 28.9 Å². The fourth-order valence-electron chi connectivity index (χ4n) is 1.19. The Kier molecular flexibility index (Phi) is 5.34. The lowest BCUT2D eigenvalue weighted by Gasteiger charge is -2.08. The van der Waals surface area contributed by atoms with Crippen LogP contribution < -0.4 is 5.32 Å². The van der Waals surface area contributed by atoms with Crippen molar-refractivity contribution in [1.82, 2.24) is 0 Å². The molecule has 0 aliphatic heterocycles. The maximum atomic E-state index is 13.3. The summed E-state index contributed by atoms with van der Waals surface area (Å²) in [5, 5.41) is 2.70. The van der Waals surface area contributed by atoms with Crippen molar-refractivity contribution in [3.05, 3.63) is 28.2 Å². The van der Waals surface area contributed by atoms with E-state index >= 15 is 0 Å². The van der Waals surface area contributed by atoms with Gasteiger partial charge in [0.2, 0.25) is 0 Å². The van der Waals surface area contributed by atoms with E-state index in [1.807, 2.05) is 0 Å². The molecule has 1 aromatic carbocycles. The Balaban J connectivity index is 2.52. The third-order valence-corrected chi connectivity index (χ3v) is 2.57. The average Bonchev–Trinajstić information content (AvgIpc) is 2.26. The van der Waals surface area contributed by atoms with Gasteiger partial charge in [0, 0.05) is 12.6 Å². The molecule has 0 amide bonds. The smallest absolute Gasteiger partial charge is 0.307 e. The second-order valence-electron chi connectivity index (χ2n) is 3.23. The van der Waals surface area contributed by atoms with E-state index in [9.17, 15) is 13.6 Å². The Labute approximate surface area is 106 Å². The molecule has 0 saturated heterocycles. The quantitative estimate of drug-likeness (QED) is 0.671. The van der Waals surface area contributed by atoms with Gasteiger partial charge in [-0.3, -0.25) is 4.79 Å². The van der Waals surface area contributed by atoms with E-state index in [1.165, 1.54) is 6.07 Å². The molecule has 0 unspecified atom stereocenters. The third-order valence-electron chi connectivity index (χ3n) is 1.96. The van der Waals surface area contributed by atoms with Crippen molar-refractivity contribution in [1.29, 1.82) is 0 Å². The zero-order valence-electron chi connectivity index (χ0n) is 9.23. The molecule has 0 saturated carbocycles. The molecule has 1 N–H and O–H groups in total. The molecule has 0 radical (unpaired) electrons. The number of rotatable bonds is 5. The summed E-state index contributed by atoms with van der Waals surface area (Å²) in [5.74, 6) is -1.73. The highest BCUT2D eigenvalue weighted by molar-refractivity contribution is 9.10. The second-order valence-corrected chi connectivity index (χ2v) is 4.08. The average molecular weight is 308 g/mol. The fraction of sp³-hybridized carbons (Fsp3) is 0.364. The van der Waals surface area contributed by atoms with Crippen molar-refractivity contribution in [2.24, 2.45) is 0 Å². The van der Waals surface area contributed by atoms with E-state index < -0.39 is 11.6 Å². The van der Waals surface area contributed by atoms with E-state index in [0.717, 1.165) is 6.07 Å². The maximum Gasteiger partial charge on any atom is 0.307 e. The number of benzene rings is 1. The SMILES string of the molecule is CCOC(=O)CCNc1cc(Br)c(F)cc1F. The van der Waals surface area contributed by atoms with Crippen molar-refractivity contribution >= 4 is 27.6 Å². The van der Waals surface area contributed by atoms with E-state index in [0.29, 0.717) is 6.61 Å². The van der Waals surface area contributed by atoms with Gasteiger partial charge in [0.25, 0.3) is 0 Å². The predicted octanol–water partition coefficient (Wildman–Crippen LogP) is 3.09. The van der Waals surface area contributed by atoms with Gasteiger partial charge in [-0.15, -0.1) is 0 Å². The standard InChI is InChI=1S/C11H12BrF2NO2/c1-2-17-11(16)3-4-15-10-5-7(12)8(13)6-9(10)14/h5-6,15H,2-4H2,1H3. The van der Waals surface area contributed by atoms with Crippen LogP contribution in [0.5, 0.6) is 0 Å². The Hall–Kier alpha value is -1.17. The molecule has 3 nitrogen and oxygen atoms in total. The zero-order chi connectivity index (χ0) is 12.8. The van der Waals surface area contributed by atoms with Crippen molar-refractivity contribution in [3.63, 3.8) is 0 Å². The van der Waals surface area contributed by atoms with Gasteiger partial charge in [0.05, 0.1) is 23.2 Å². The second kappa shape index (κ2) is 6.54. The topological polar surface area (TPSA) is 38.3 Å². The summed E-state index contributed by atoms with van der Waals surface area (Å²) >= 11 is 2.95. The van der Waals surface area contributed by atoms with Crippen LogP contribution in [0.15, 0.2) is 16.6 Å². The molecule has 1 rings (SSSR count). The van der Waals surface area contributed by atoms with E-state index in [2.05, 4.69) is 21.2 Å². The number of esters is 1. The number of hydrogen-bond acceptors (Lipinski definition) is 3. The van der Waals surface area contributed by atoms with Gasteiger partial charge in [-0.25, -0.2) is 8.78 Å². The van der Waals surface area contributed by atoms with Crippen LogP contribution in [0, 0.1) is 11.6 Å². The van der Waals surface area contributed by atoms with Gasteiger partial charge in [-0.1, -0.05) is 0 Å². The highest BCUT2D eigenvalue weighted by Gasteiger charge is 2.08. The van der Waals surface area contributed by atoms with Crippen LogP contribution in [-0.2, 0) is 9.53 Å². The van der Waals surface area contributed by atoms with E-state index in [4.69, 9.17) is 4.74 Å². The van der Waals surface area contributed by atoms with Crippen LogP contribution in [0.4, 0.5) is 14.5 Å². The van der Waals surface area contributed by atoms with Gasteiger partial charge in [0.15, 0.2) is 0 Å². The molecule has 0 atom stereocenters. The lowest BCUT2D eigenvalue weighted by atomic mass is 10.3. The molecule has 0 spiro atoms. The zero-order valence-corrected chi connectivity index (χ0v) is 10.8. The van der Waals surface area contributed by atoms with Crippen molar-refractivity contribution < 1.29 is 18.3 Å². The summed E-state index contributed by atoms with van der Waals surface area (Å²) in [7, 11) is 0. The van der Waals surface area contributed by atoms with Crippen LogP contribution in [0.1, 0.15) is 13.3 Å². The van der Waals surface area contributed by atoms with Crippen molar-refractivity contribution in [3.8, 4) is 0 Å². The molecule has 0 fully saturated rings. The Morgan fingerprint density at radius 1 is 1.41 bits per heavy atom. The number of halogens is 3. The predicted molar refractivity (Wildman–Crippen MR) is 63.8 cm³/mol. The van der Waals surface area contributed by atoms with Crippen LogP contribution in [-0.4, -0.2) is 19.1 Å². The van der Waals surface area contributed by atoms with Crippen LogP contribution in [0.2, 0.25) is 0 Å². The minimum Gasteiger partial charge on any atom is -0.466 e. The Morgan fingerprint density at radius 3 is 2.76 bits per heavy atom. The summed E-state index contributed by atoms with van der Waals surface area (Å²) in [6.07, 6.45) is 0.127. The first-order valence-corrected chi connectivity index (χ1v) is 5.88. The molecule has 0 aliphatic rings. The summed E-state index contributed by atoms with van der Waals surface area (Å²) in [4.78, 5) is 11.0. The molecule has 0 bridgehead atoms. The first-order valence-electron chi connectivity index (χ1n) is 5.08. The van der Waals surface area contributed by atoms with Gasteiger partial charge >= 0.3 is 5.97 Å². The van der Waals surface area contributed by atoms with Crippen molar-refractivity contribution in [2.75, 3.05) is 18.5 Å². The third kappa shape index (κ3) is 4.30. The number of hydrogen-bond donors (Lipinski definition) is 1.